The van der Waals surface area contributed by atoms with Crippen molar-refractivity contribution in [2.75, 3.05) is 6.61 Å². The number of nitro groups is 1. The number of rotatable bonds is 5. The second-order valence-electron chi connectivity index (χ2n) is 3.51. The van der Waals surface area contributed by atoms with Crippen LogP contribution in [0.3, 0.4) is 0 Å². The minimum absolute atomic E-state index is 0.00989. The van der Waals surface area contributed by atoms with Crippen molar-refractivity contribution in [1.82, 2.24) is 0 Å². The number of nitro benzene ring substituents is 1. The summed E-state index contributed by atoms with van der Waals surface area (Å²) < 4.78 is 23.0. The van der Waals surface area contributed by atoms with Gasteiger partial charge >= 0.3 is 18.0 Å². The first-order valence-electron chi connectivity index (χ1n) is 5.28. The van der Waals surface area contributed by atoms with Crippen LogP contribution in [0.2, 0.25) is 0 Å². The molecule has 104 valence electrons. The zero-order chi connectivity index (χ0) is 14.6. The molecule has 0 aliphatic rings. The van der Waals surface area contributed by atoms with Crippen LogP contribution in [0.1, 0.15) is 12.5 Å². The lowest BCUT2D eigenvalue weighted by molar-refractivity contribution is -0.386. The molecular weight excluding hydrogens is 325 g/mol. The quantitative estimate of drug-likeness (QED) is 0.469. The van der Waals surface area contributed by atoms with E-state index in [-0.39, 0.29) is 12.4 Å². The van der Waals surface area contributed by atoms with E-state index in [1.807, 2.05) is 0 Å². The average molecular weight is 336 g/mol. The van der Waals surface area contributed by atoms with Gasteiger partial charge in [0, 0.05) is 10.5 Å². The fourth-order valence-electron chi connectivity index (χ4n) is 1.36. The number of carbonyl (C=O) groups is 1. The molecule has 0 aliphatic carbocycles. The maximum Gasteiger partial charge on any atom is 0.381 e. The molecule has 0 saturated heterocycles. The number of esters is 1. The lowest BCUT2D eigenvalue weighted by Gasteiger charge is -2.12. The smallest absolute Gasteiger partial charge is 0.381 e. The Labute approximate surface area is 116 Å². The molecule has 19 heavy (non-hydrogen) atoms. The molecule has 0 aromatic heterocycles. The van der Waals surface area contributed by atoms with E-state index in [9.17, 15) is 19.3 Å². The van der Waals surface area contributed by atoms with Crippen molar-refractivity contribution in [3.8, 4) is 5.75 Å². The third-order valence-corrected chi connectivity index (χ3v) is 2.57. The van der Waals surface area contributed by atoms with Crippen LogP contribution in [-0.4, -0.2) is 23.9 Å². The Kier molecular flexibility index (Phi) is 5.22. The molecule has 1 rings (SSSR count). The summed E-state index contributed by atoms with van der Waals surface area (Å²) in [6.07, 6.45) is -2.40. The van der Waals surface area contributed by atoms with Gasteiger partial charge in [-0.15, -0.1) is 0 Å². The van der Waals surface area contributed by atoms with Gasteiger partial charge < -0.3 is 9.47 Å². The van der Waals surface area contributed by atoms with Gasteiger partial charge in [-0.25, -0.2) is 4.79 Å². The van der Waals surface area contributed by atoms with Crippen LogP contribution >= 0.6 is 15.9 Å². The molecule has 0 spiro atoms. The van der Waals surface area contributed by atoms with Gasteiger partial charge in [-0.05, 0) is 25.5 Å². The van der Waals surface area contributed by atoms with E-state index in [1.165, 1.54) is 26.0 Å². The fourth-order valence-corrected chi connectivity index (χ4v) is 1.92. The molecule has 8 heteroatoms. The predicted molar refractivity (Wildman–Crippen MR) is 67.7 cm³/mol. The van der Waals surface area contributed by atoms with E-state index in [4.69, 9.17) is 4.74 Å². The summed E-state index contributed by atoms with van der Waals surface area (Å²) in [7, 11) is 0. The van der Waals surface area contributed by atoms with Crippen molar-refractivity contribution < 1.29 is 23.6 Å². The normalized spacial score (nSPS) is 11.8. The first kappa shape index (κ1) is 15.4. The summed E-state index contributed by atoms with van der Waals surface area (Å²) in [4.78, 5) is 21.3. The number of nitrogens with zero attached hydrogens (tertiary/aromatic N) is 1. The topological polar surface area (TPSA) is 78.7 Å². The zero-order valence-corrected chi connectivity index (χ0v) is 11.8. The van der Waals surface area contributed by atoms with Gasteiger partial charge in [0.2, 0.25) is 5.75 Å². The molecule has 0 amide bonds. The Balaban J connectivity index is 3.06. The standard InChI is InChI=1S/C11H11BrFNO5/c1-3-18-11(15)10(13)19-9-6(2)4-7(12)5-8(9)14(16)17/h4-5,10H,3H2,1-2H3. The molecule has 1 atom stereocenters. The summed E-state index contributed by atoms with van der Waals surface area (Å²) in [5, 5.41) is 10.9. The molecule has 0 radical (unpaired) electrons. The lowest BCUT2D eigenvalue weighted by atomic mass is 10.2. The second-order valence-corrected chi connectivity index (χ2v) is 4.43. The monoisotopic (exact) mass is 335 g/mol. The first-order chi connectivity index (χ1) is 8.86. The average Bonchev–Trinajstić information content (AvgIpc) is 2.32. The zero-order valence-electron chi connectivity index (χ0n) is 10.2. The Morgan fingerprint density at radius 3 is 2.74 bits per heavy atom. The van der Waals surface area contributed by atoms with Crippen molar-refractivity contribution in [3.05, 3.63) is 32.3 Å². The molecule has 0 heterocycles. The highest BCUT2D eigenvalue weighted by atomic mass is 79.9. The number of hydrogen-bond acceptors (Lipinski definition) is 5. The van der Waals surface area contributed by atoms with Gasteiger partial charge in [0.05, 0.1) is 11.5 Å². The summed E-state index contributed by atoms with van der Waals surface area (Å²) in [5.41, 5.74) is -0.105. The Morgan fingerprint density at radius 2 is 2.21 bits per heavy atom. The lowest BCUT2D eigenvalue weighted by Crippen LogP contribution is -2.25. The van der Waals surface area contributed by atoms with Crippen LogP contribution in [0.4, 0.5) is 10.1 Å². The largest absolute Gasteiger partial charge is 0.461 e. The van der Waals surface area contributed by atoms with Gasteiger partial charge in [0.15, 0.2) is 0 Å². The third kappa shape index (κ3) is 3.88. The van der Waals surface area contributed by atoms with E-state index >= 15 is 0 Å². The highest BCUT2D eigenvalue weighted by Gasteiger charge is 2.27. The Hall–Kier alpha value is -1.70. The Morgan fingerprint density at radius 1 is 1.58 bits per heavy atom. The summed E-state index contributed by atoms with van der Waals surface area (Å²) >= 11 is 3.09. The molecular formula is C11H11BrFNO5. The number of carbonyl (C=O) groups excluding carboxylic acids is 1. The minimum atomic E-state index is -2.40. The van der Waals surface area contributed by atoms with E-state index in [2.05, 4.69) is 20.7 Å². The molecule has 6 nitrogen and oxygen atoms in total. The van der Waals surface area contributed by atoms with Crippen molar-refractivity contribution in [1.29, 1.82) is 0 Å². The van der Waals surface area contributed by atoms with Crippen LogP contribution in [0, 0.1) is 17.0 Å². The van der Waals surface area contributed by atoms with Gasteiger partial charge in [-0.1, -0.05) is 15.9 Å². The second kappa shape index (κ2) is 6.46. The number of hydrogen-bond donors (Lipinski definition) is 0. The summed E-state index contributed by atoms with van der Waals surface area (Å²) in [5.74, 6) is -1.52. The van der Waals surface area contributed by atoms with Crippen molar-refractivity contribution in [2.24, 2.45) is 0 Å². The highest BCUT2D eigenvalue weighted by Crippen LogP contribution is 2.35. The van der Waals surface area contributed by atoms with Gasteiger partial charge in [0.25, 0.3) is 0 Å². The van der Waals surface area contributed by atoms with Crippen molar-refractivity contribution >= 4 is 27.6 Å². The number of alkyl halides is 1. The van der Waals surface area contributed by atoms with Crippen LogP contribution < -0.4 is 4.74 Å². The number of halogens is 2. The SMILES string of the molecule is CCOC(=O)C(F)Oc1c(C)cc(Br)cc1[N+](=O)[O-]. The van der Waals surface area contributed by atoms with Gasteiger partial charge in [-0.2, -0.15) is 4.39 Å². The molecule has 1 aromatic rings. The maximum absolute atomic E-state index is 13.5. The van der Waals surface area contributed by atoms with Crippen LogP contribution in [-0.2, 0) is 9.53 Å². The van der Waals surface area contributed by atoms with E-state index in [1.54, 1.807) is 0 Å². The molecule has 1 aromatic carbocycles. The van der Waals surface area contributed by atoms with Gasteiger partial charge in [-0.3, -0.25) is 10.1 Å². The van der Waals surface area contributed by atoms with E-state index < -0.39 is 22.9 Å². The van der Waals surface area contributed by atoms with Crippen LogP contribution in [0.5, 0.6) is 5.75 Å². The number of benzene rings is 1. The van der Waals surface area contributed by atoms with Gasteiger partial charge in [0.1, 0.15) is 0 Å². The molecule has 0 aliphatic heterocycles. The van der Waals surface area contributed by atoms with Crippen LogP contribution in [0.15, 0.2) is 16.6 Å². The first-order valence-corrected chi connectivity index (χ1v) is 6.08. The van der Waals surface area contributed by atoms with Crippen LogP contribution in [0.25, 0.3) is 0 Å². The highest BCUT2D eigenvalue weighted by molar-refractivity contribution is 9.10. The summed E-state index contributed by atoms with van der Waals surface area (Å²) in [6, 6.07) is 2.68. The molecule has 0 bridgehead atoms. The molecule has 0 saturated carbocycles. The maximum atomic E-state index is 13.5. The molecule has 0 N–H and O–H groups in total. The molecule has 1 unspecified atom stereocenters. The Bertz CT molecular complexity index is 508. The van der Waals surface area contributed by atoms with E-state index in [0.717, 1.165) is 0 Å². The van der Waals surface area contributed by atoms with Crippen molar-refractivity contribution in [3.63, 3.8) is 0 Å². The number of ether oxygens (including phenoxy) is 2. The third-order valence-electron chi connectivity index (χ3n) is 2.11. The molecule has 0 fully saturated rings. The predicted octanol–water partition coefficient (Wildman–Crippen LogP) is 2.90. The summed E-state index contributed by atoms with van der Waals surface area (Å²) in [6.45, 7) is 3.01. The van der Waals surface area contributed by atoms with E-state index in [0.29, 0.717) is 10.0 Å². The van der Waals surface area contributed by atoms with Crippen molar-refractivity contribution in [2.45, 2.75) is 20.2 Å². The fraction of sp³-hybridized carbons (Fsp3) is 0.364. The minimum Gasteiger partial charge on any atom is -0.461 e. The number of aryl methyl sites for hydroxylation is 1.